The van der Waals surface area contributed by atoms with Gasteiger partial charge in [0.05, 0.1) is 5.69 Å². The predicted molar refractivity (Wildman–Crippen MR) is 112 cm³/mol. The number of aryl methyl sites for hydroxylation is 1. The summed E-state index contributed by atoms with van der Waals surface area (Å²) < 4.78 is 2.30. The molecular formula is C22H22ClN3O3. The SMILES string of the molecule is Cc1cc(/C=C2\C(=O)NC(=O)N(c3cccc(Cl)c3)C2=O)c(C)n1C1CCCC1. The molecule has 1 aliphatic carbocycles. The molecule has 0 spiro atoms. The number of carbonyl (C=O) groups excluding carboxylic acids is 3. The molecule has 29 heavy (non-hydrogen) atoms. The second-order valence-corrected chi connectivity index (χ2v) is 8.01. The third-order valence-electron chi connectivity index (χ3n) is 5.68. The van der Waals surface area contributed by atoms with Gasteiger partial charge in [0.15, 0.2) is 0 Å². The summed E-state index contributed by atoms with van der Waals surface area (Å²) in [4.78, 5) is 38.8. The van der Waals surface area contributed by atoms with E-state index in [1.807, 2.05) is 19.9 Å². The minimum atomic E-state index is -0.782. The number of hydrogen-bond donors (Lipinski definition) is 1. The fourth-order valence-corrected chi connectivity index (χ4v) is 4.52. The maximum absolute atomic E-state index is 13.0. The molecule has 6 nitrogen and oxygen atoms in total. The molecule has 2 fully saturated rings. The Bertz CT molecular complexity index is 1050. The van der Waals surface area contributed by atoms with Crippen molar-refractivity contribution in [3.63, 3.8) is 0 Å². The van der Waals surface area contributed by atoms with Gasteiger partial charge in [0, 0.05) is 22.5 Å². The lowest BCUT2D eigenvalue weighted by atomic mass is 10.1. The first kappa shape index (κ1) is 19.5. The number of barbiturate groups is 1. The number of aromatic nitrogens is 1. The van der Waals surface area contributed by atoms with Crippen LogP contribution in [0.25, 0.3) is 6.08 Å². The molecule has 0 radical (unpaired) electrons. The molecule has 2 aromatic rings. The largest absolute Gasteiger partial charge is 0.346 e. The summed E-state index contributed by atoms with van der Waals surface area (Å²) in [5.74, 6) is -1.35. The fraction of sp³-hybridized carbons (Fsp3) is 0.318. The molecule has 1 aliphatic heterocycles. The molecule has 0 bridgehead atoms. The molecule has 150 valence electrons. The molecule has 1 aromatic heterocycles. The number of anilines is 1. The maximum Gasteiger partial charge on any atom is 0.335 e. The number of imide groups is 2. The maximum atomic E-state index is 13.0. The Balaban J connectivity index is 1.73. The molecular weight excluding hydrogens is 390 g/mol. The van der Waals surface area contributed by atoms with Crippen molar-refractivity contribution in [1.29, 1.82) is 0 Å². The number of urea groups is 1. The fourth-order valence-electron chi connectivity index (χ4n) is 4.34. The molecule has 1 saturated heterocycles. The van der Waals surface area contributed by atoms with Gasteiger partial charge >= 0.3 is 6.03 Å². The smallest absolute Gasteiger partial charge is 0.335 e. The number of rotatable bonds is 3. The van der Waals surface area contributed by atoms with Gasteiger partial charge in [-0.1, -0.05) is 30.5 Å². The minimum Gasteiger partial charge on any atom is -0.346 e. The number of carbonyl (C=O) groups is 3. The zero-order chi connectivity index (χ0) is 20.7. The van der Waals surface area contributed by atoms with Crippen molar-refractivity contribution in [1.82, 2.24) is 9.88 Å². The van der Waals surface area contributed by atoms with Gasteiger partial charge in [0.1, 0.15) is 5.57 Å². The van der Waals surface area contributed by atoms with E-state index in [0.29, 0.717) is 16.8 Å². The second kappa shape index (κ2) is 7.52. The first-order valence-corrected chi connectivity index (χ1v) is 10.1. The number of hydrogen-bond acceptors (Lipinski definition) is 3. The molecule has 0 unspecified atom stereocenters. The molecule has 1 N–H and O–H groups in total. The van der Waals surface area contributed by atoms with Gasteiger partial charge < -0.3 is 4.57 Å². The van der Waals surface area contributed by atoms with Crippen molar-refractivity contribution in [3.8, 4) is 0 Å². The van der Waals surface area contributed by atoms with Gasteiger partial charge in [-0.3, -0.25) is 14.9 Å². The minimum absolute atomic E-state index is 0.0729. The number of amides is 4. The highest BCUT2D eigenvalue weighted by Gasteiger charge is 2.37. The quantitative estimate of drug-likeness (QED) is 0.595. The standard InChI is InChI=1S/C22H22ClN3O3/c1-13-10-15(14(2)25(13)17-7-3-4-8-17)11-19-20(27)24-22(29)26(21(19)28)18-9-5-6-16(23)12-18/h5-6,9-12,17H,3-4,7-8H2,1-2H3,(H,24,27,29)/b19-11+. The van der Waals surface area contributed by atoms with Crippen LogP contribution in [0.3, 0.4) is 0 Å². The van der Waals surface area contributed by atoms with Crippen LogP contribution in [0.15, 0.2) is 35.9 Å². The van der Waals surface area contributed by atoms with Crippen LogP contribution in [-0.4, -0.2) is 22.4 Å². The van der Waals surface area contributed by atoms with Gasteiger partial charge in [0.2, 0.25) is 0 Å². The zero-order valence-corrected chi connectivity index (χ0v) is 17.1. The summed E-state index contributed by atoms with van der Waals surface area (Å²) in [7, 11) is 0. The van der Waals surface area contributed by atoms with Crippen LogP contribution in [0.1, 0.15) is 48.7 Å². The topological polar surface area (TPSA) is 71.4 Å². The third kappa shape index (κ3) is 3.49. The van der Waals surface area contributed by atoms with E-state index in [-0.39, 0.29) is 5.57 Å². The number of benzene rings is 1. The lowest BCUT2D eigenvalue weighted by Crippen LogP contribution is -2.54. The Morgan fingerprint density at radius 1 is 1.10 bits per heavy atom. The Labute approximate surface area is 174 Å². The first-order chi connectivity index (χ1) is 13.9. The Morgan fingerprint density at radius 2 is 1.83 bits per heavy atom. The van der Waals surface area contributed by atoms with Crippen molar-refractivity contribution < 1.29 is 14.4 Å². The number of halogens is 1. The summed E-state index contributed by atoms with van der Waals surface area (Å²) in [5.41, 5.74) is 3.18. The highest BCUT2D eigenvalue weighted by molar-refractivity contribution is 6.39. The monoisotopic (exact) mass is 411 g/mol. The van der Waals surface area contributed by atoms with E-state index < -0.39 is 17.8 Å². The summed E-state index contributed by atoms with van der Waals surface area (Å²) in [5, 5.41) is 2.65. The molecule has 2 aliphatic rings. The summed E-state index contributed by atoms with van der Waals surface area (Å²) in [6.07, 6.45) is 6.30. The van der Waals surface area contributed by atoms with Crippen LogP contribution in [-0.2, 0) is 9.59 Å². The van der Waals surface area contributed by atoms with E-state index in [1.54, 1.807) is 24.3 Å². The summed E-state index contributed by atoms with van der Waals surface area (Å²) >= 11 is 6.00. The van der Waals surface area contributed by atoms with Gasteiger partial charge in [-0.25, -0.2) is 9.69 Å². The van der Waals surface area contributed by atoms with E-state index in [1.165, 1.54) is 18.9 Å². The van der Waals surface area contributed by atoms with Crippen LogP contribution >= 0.6 is 11.6 Å². The molecule has 1 saturated carbocycles. The lowest BCUT2D eigenvalue weighted by molar-refractivity contribution is -0.122. The molecule has 4 amide bonds. The number of nitrogens with zero attached hydrogens (tertiary/aromatic N) is 2. The van der Waals surface area contributed by atoms with Gasteiger partial charge in [-0.05, 0) is 62.6 Å². The third-order valence-corrected chi connectivity index (χ3v) is 5.92. The van der Waals surface area contributed by atoms with Crippen LogP contribution in [0.4, 0.5) is 10.5 Å². The Morgan fingerprint density at radius 3 is 2.52 bits per heavy atom. The second-order valence-electron chi connectivity index (χ2n) is 7.57. The van der Waals surface area contributed by atoms with Crippen molar-refractivity contribution in [2.75, 3.05) is 4.90 Å². The molecule has 0 atom stereocenters. The van der Waals surface area contributed by atoms with E-state index in [4.69, 9.17) is 11.6 Å². The molecule has 2 heterocycles. The molecule has 7 heteroatoms. The van der Waals surface area contributed by atoms with E-state index in [2.05, 4.69) is 9.88 Å². The average Bonchev–Trinajstić information content (AvgIpc) is 3.26. The highest BCUT2D eigenvalue weighted by atomic mass is 35.5. The van der Waals surface area contributed by atoms with Crippen molar-refractivity contribution >= 4 is 41.2 Å². The molecule has 4 rings (SSSR count). The van der Waals surface area contributed by atoms with Crippen molar-refractivity contribution in [3.05, 3.63) is 57.9 Å². The van der Waals surface area contributed by atoms with Crippen LogP contribution in [0.2, 0.25) is 5.02 Å². The normalized spacial score (nSPS) is 19.3. The van der Waals surface area contributed by atoms with E-state index in [9.17, 15) is 14.4 Å². The zero-order valence-electron chi connectivity index (χ0n) is 16.4. The van der Waals surface area contributed by atoms with E-state index in [0.717, 1.165) is 34.7 Å². The van der Waals surface area contributed by atoms with Gasteiger partial charge in [-0.2, -0.15) is 0 Å². The van der Waals surface area contributed by atoms with Crippen molar-refractivity contribution in [2.24, 2.45) is 0 Å². The lowest BCUT2D eigenvalue weighted by Gasteiger charge is -2.26. The van der Waals surface area contributed by atoms with Gasteiger partial charge in [-0.15, -0.1) is 0 Å². The predicted octanol–water partition coefficient (Wildman–Crippen LogP) is 4.54. The average molecular weight is 412 g/mol. The van der Waals surface area contributed by atoms with Crippen LogP contribution < -0.4 is 10.2 Å². The van der Waals surface area contributed by atoms with Gasteiger partial charge in [0.25, 0.3) is 11.8 Å². The highest BCUT2D eigenvalue weighted by Crippen LogP contribution is 2.34. The van der Waals surface area contributed by atoms with Crippen LogP contribution in [0.5, 0.6) is 0 Å². The Hall–Kier alpha value is -2.86. The Kier molecular flexibility index (Phi) is 5.04. The summed E-state index contributed by atoms with van der Waals surface area (Å²) in [6.45, 7) is 4.04. The first-order valence-electron chi connectivity index (χ1n) is 9.72. The van der Waals surface area contributed by atoms with E-state index >= 15 is 0 Å². The molecule has 1 aromatic carbocycles. The summed E-state index contributed by atoms with van der Waals surface area (Å²) in [6, 6.07) is 8.07. The van der Waals surface area contributed by atoms with Crippen LogP contribution in [0, 0.1) is 13.8 Å². The van der Waals surface area contributed by atoms with Crippen molar-refractivity contribution in [2.45, 2.75) is 45.6 Å². The number of nitrogens with one attached hydrogen (secondary N) is 1.